The molecule has 0 spiro atoms. The number of aryl methyl sites for hydroxylation is 1. The van der Waals surface area contributed by atoms with Crippen molar-refractivity contribution in [3.05, 3.63) is 47.5 Å². The number of nitrogens with one attached hydrogen (secondary N) is 1. The van der Waals surface area contributed by atoms with E-state index in [1.807, 2.05) is 18.2 Å². The lowest BCUT2D eigenvalue weighted by Gasteiger charge is -2.24. The summed E-state index contributed by atoms with van der Waals surface area (Å²) in [6.45, 7) is 0.677. The van der Waals surface area contributed by atoms with Gasteiger partial charge in [-0.2, -0.15) is 0 Å². The SMILES string of the molecule is COc1ccc(C(=O)CCc2ccc(OC)c(OCC(O)CNC3CCCCC3)c2)cc1OC. The maximum absolute atomic E-state index is 12.7. The van der Waals surface area contributed by atoms with E-state index in [-0.39, 0.29) is 12.4 Å². The summed E-state index contributed by atoms with van der Waals surface area (Å²) in [5.41, 5.74) is 1.54. The predicted octanol–water partition coefficient (Wildman–Crippen LogP) is 4.19. The van der Waals surface area contributed by atoms with Gasteiger partial charge in [0.2, 0.25) is 0 Å². The molecule has 1 unspecified atom stereocenters. The van der Waals surface area contributed by atoms with Gasteiger partial charge in [-0.1, -0.05) is 25.3 Å². The lowest BCUT2D eigenvalue weighted by molar-refractivity contribution is 0.0982. The van der Waals surface area contributed by atoms with Crippen LogP contribution in [0.1, 0.15) is 54.4 Å². The fraction of sp³-hybridized carbons (Fsp3) is 0.519. The fourth-order valence-corrected chi connectivity index (χ4v) is 4.26. The van der Waals surface area contributed by atoms with Crippen molar-refractivity contribution in [2.75, 3.05) is 34.5 Å². The van der Waals surface area contributed by atoms with Gasteiger partial charge in [-0.15, -0.1) is 0 Å². The Balaban J connectivity index is 1.54. The molecule has 2 N–H and O–H groups in total. The van der Waals surface area contributed by atoms with Gasteiger partial charge in [-0.25, -0.2) is 0 Å². The van der Waals surface area contributed by atoms with Crippen LogP contribution in [-0.2, 0) is 6.42 Å². The van der Waals surface area contributed by atoms with Crippen molar-refractivity contribution in [1.82, 2.24) is 5.32 Å². The number of rotatable bonds is 13. The van der Waals surface area contributed by atoms with Crippen LogP contribution in [0.4, 0.5) is 0 Å². The minimum absolute atomic E-state index is 0.0171. The molecule has 2 aromatic carbocycles. The number of Topliss-reactive ketones (excluding diaryl/α,β-unsaturated/α-hetero) is 1. The van der Waals surface area contributed by atoms with Gasteiger partial charge in [0.05, 0.1) is 21.3 Å². The number of ketones is 1. The van der Waals surface area contributed by atoms with E-state index in [1.165, 1.54) is 32.1 Å². The Morgan fingerprint density at radius 1 is 0.941 bits per heavy atom. The zero-order valence-corrected chi connectivity index (χ0v) is 20.5. The lowest BCUT2D eigenvalue weighted by atomic mass is 9.95. The van der Waals surface area contributed by atoms with Crippen molar-refractivity contribution in [3.63, 3.8) is 0 Å². The van der Waals surface area contributed by atoms with Gasteiger partial charge in [0, 0.05) is 24.6 Å². The van der Waals surface area contributed by atoms with E-state index in [0.29, 0.717) is 54.0 Å². The third-order valence-electron chi connectivity index (χ3n) is 6.25. The van der Waals surface area contributed by atoms with Crippen molar-refractivity contribution in [3.8, 4) is 23.0 Å². The summed E-state index contributed by atoms with van der Waals surface area (Å²) >= 11 is 0. The van der Waals surface area contributed by atoms with Crippen LogP contribution in [0.5, 0.6) is 23.0 Å². The molecule has 0 amide bonds. The van der Waals surface area contributed by atoms with E-state index in [2.05, 4.69) is 5.32 Å². The van der Waals surface area contributed by atoms with E-state index < -0.39 is 6.10 Å². The molecule has 2 aromatic rings. The molecular formula is C27H37NO6. The number of methoxy groups -OCH3 is 3. The molecule has 0 bridgehead atoms. The maximum atomic E-state index is 12.7. The molecule has 0 heterocycles. The van der Waals surface area contributed by atoms with Crippen molar-refractivity contribution < 1.29 is 28.8 Å². The molecule has 0 aromatic heterocycles. The first-order chi connectivity index (χ1) is 16.5. The van der Waals surface area contributed by atoms with Crippen molar-refractivity contribution >= 4 is 5.78 Å². The highest BCUT2D eigenvalue weighted by Gasteiger charge is 2.16. The summed E-state index contributed by atoms with van der Waals surface area (Å²) < 4.78 is 21.8. The lowest BCUT2D eigenvalue weighted by Crippen LogP contribution is -2.39. The molecule has 7 nitrogen and oxygen atoms in total. The Morgan fingerprint density at radius 2 is 1.62 bits per heavy atom. The first-order valence-electron chi connectivity index (χ1n) is 12.0. The number of hydrogen-bond donors (Lipinski definition) is 2. The van der Waals surface area contributed by atoms with E-state index in [1.54, 1.807) is 39.5 Å². The molecule has 1 saturated carbocycles. The second-order valence-electron chi connectivity index (χ2n) is 8.69. The van der Waals surface area contributed by atoms with Gasteiger partial charge in [0.25, 0.3) is 0 Å². The zero-order chi connectivity index (χ0) is 24.3. The second kappa shape index (κ2) is 13.2. The first-order valence-corrected chi connectivity index (χ1v) is 12.0. The van der Waals surface area contributed by atoms with Crippen molar-refractivity contribution in [1.29, 1.82) is 0 Å². The number of aliphatic hydroxyl groups is 1. The van der Waals surface area contributed by atoms with Crippen LogP contribution in [0.25, 0.3) is 0 Å². The molecule has 0 aliphatic heterocycles. The largest absolute Gasteiger partial charge is 0.493 e. The molecule has 1 aliphatic rings. The minimum Gasteiger partial charge on any atom is -0.493 e. The molecule has 1 atom stereocenters. The van der Waals surface area contributed by atoms with Crippen molar-refractivity contribution in [2.24, 2.45) is 0 Å². The van der Waals surface area contributed by atoms with Gasteiger partial charge < -0.3 is 29.4 Å². The first kappa shape index (κ1) is 25.8. The van der Waals surface area contributed by atoms with Gasteiger partial charge in [0.1, 0.15) is 12.7 Å². The summed E-state index contributed by atoms with van der Waals surface area (Å²) in [6.07, 6.45) is 6.44. The van der Waals surface area contributed by atoms with Crippen LogP contribution in [0.3, 0.4) is 0 Å². The minimum atomic E-state index is -0.609. The van der Waals surface area contributed by atoms with E-state index in [0.717, 1.165) is 5.56 Å². The van der Waals surface area contributed by atoms with Gasteiger partial charge in [-0.05, 0) is 55.2 Å². The average molecular weight is 472 g/mol. The third kappa shape index (κ3) is 7.37. The summed E-state index contributed by atoms with van der Waals surface area (Å²) in [5, 5.41) is 13.8. The quantitative estimate of drug-likeness (QED) is 0.424. The van der Waals surface area contributed by atoms with Gasteiger partial charge in [-0.3, -0.25) is 4.79 Å². The Morgan fingerprint density at radius 3 is 2.32 bits per heavy atom. The zero-order valence-electron chi connectivity index (χ0n) is 20.5. The van der Waals surface area contributed by atoms with E-state index in [9.17, 15) is 9.90 Å². The fourth-order valence-electron chi connectivity index (χ4n) is 4.26. The number of carbonyl (C=O) groups is 1. The molecule has 1 aliphatic carbocycles. The average Bonchev–Trinajstić information content (AvgIpc) is 2.89. The Labute approximate surface area is 202 Å². The molecule has 7 heteroatoms. The van der Waals surface area contributed by atoms with Crippen molar-refractivity contribution in [2.45, 2.75) is 57.1 Å². The molecular weight excluding hydrogens is 434 g/mol. The van der Waals surface area contributed by atoms with Gasteiger partial charge >= 0.3 is 0 Å². The monoisotopic (exact) mass is 471 g/mol. The Hall–Kier alpha value is -2.77. The molecule has 0 saturated heterocycles. The third-order valence-corrected chi connectivity index (χ3v) is 6.25. The highest BCUT2D eigenvalue weighted by atomic mass is 16.5. The van der Waals surface area contributed by atoms with Crippen LogP contribution in [0.15, 0.2) is 36.4 Å². The second-order valence-corrected chi connectivity index (χ2v) is 8.69. The molecule has 0 radical (unpaired) electrons. The van der Waals surface area contributed by atoms with E-state index >= 15 is 0 Å². The molecule has 186 valence electrons. The summed E-state index contributed by atoms with van der Waals surface area (Å²) in [4.78, 5) is 12.7. The highest BCUT2D eigenvalue weighted by molar-refractivity contribution is 5.96. The summed E-state index contributed by atoms with van der Waals surface area (Å²) in [7, 11) is 4.70. The predicted molar refractivity (Wildman–Crippen MR) is 132 cm³/mol. The number of hydrogen-bond acceptors (Lipinski definition) is 7. The van der Waals surface area contributed by atoms with Gasteiger partial charge in [0.15, 0.2) is 28.8 Å². The van der Waals surface area contributed by atoms with Crippen LogP contribution >= 0.6 is 0 Å². The van der Waals surface area contributed by atoms with Crippen LogP contribution < -0.4 is 24.3 Å². The molecule has 1 fully saturated rings. The molecule has 34 heavy (non-hydrogen) atoms. The number of benzene rings is 2. The summed E-state index contributed by atoms with van der Waals surface area (Å²) in [6, 6.07) is 11.3. The van der Waals surface area contributed by atoms with Crippen LogP contribution in [0, 0.1) is 0 Å². The number of aliphatic hydroxyl groups excluding tert-OH is 1. The standard InChI is InChI=1S/C27H37NO6/c1-31-24-14-11-20(16-26(24)33-3)23(30)12-9-19-10-13-25(32-2)27(15-19)34-18-22(29)17-28-21-7-5-4-6-8-21/h10-11,13-16,21-22,28-29H,4-9,12,17-18H2,1-3H3. The normalized spacial score (nSPS) is 14.9. The highest BCUT2D eigenvalue weighted by Crippen LogP contribution is 2.30. The molecule has 3 rings (SSSR count). The summed E-state index contributed by atoms with van der Waals surface area (Å²) in [5.74, 6) is 2.30. The number of carbonyl (C=O) groups excluding carboxylic acids is 1. The number of ether oxygens (including phenoxy) is 4. The smallest absolute Gasteiger partial charge is 0.163 e. The topological polar surface area (TPSA) is 86.3 Å². The Kier molecular flexibility index (Phi) is 10.0. The van der Waals surface area contributed by atoms with Crippen LogP contribution in [0.2, 0.25) is 0 Å². The van der Waals surface area contributed by atoms with Crippen LogP contribution in [-0.4, -0.2) is 57.5 Å². The maximum Gasteiger partial charge on any atom is 0.163 e. The van der Waals surface area contributed by atoms with E-state index in [4.69, 9.17) is 18.9 Å². The Bertz CT molecular complexity index is 925.